The van der Waals surface area contributed by atoms with Gasteiger partial charge in [0, 0.05) is 25.4 Å². The van der Waals surface area contributed by atoms with Crippen molar-refractivity contribution in [2.24, 2.45) is 5.92 Å². The Bertz CT molecular complexity index is 669. The molecule has 0 aliphatic carbocycles. The number of methoxy groups -OCH3 is 1. The van der Waals surface area contributed by atoms with Crippen molar-refractivity contribution in [2.45, 2.75) is 39.7 Å². The van der Waals surface area contributed by atoms with Crippen LogP contribution in [0.2, 0.25) is 0 Å². The van der Waals surface area contributed by atoms with Crippen molar-refractivity contribution in [3.63, 3.8) is 0 Å². The SMILES string of the molecule is COc1ccc(C(CC(=O)NCc2ccncc2)C(C)C)cc1C. The number of nitrogens with one attached hydrogen (secondary N) is 1. The highest BCUT2D eigenvalue weighted by Gasteiger charge is 2.20. The van der Waals surface area contributed by atoms with E-state index in [1.165, 1.54) is 5.56 Å². The lowest BCUT2D eigenvalue weighted by Crippen LogP contribution is -2.26. The number of ether oxygens (including phenoxy) is 1. The Morgan fingerprint density at radius 2 is 1.92 bits per heavy atom. The fraction of sp³-hybridized carbons (Fsp3) is 0.400. The van der Waals surface area contributed by atoms with Gasteiger partial charge in [-0.05, 0) is 53.6 Å². The molecule has 1 atom stereocenters. The number of hydrogen-bond donors (Lipinski definition) is 1. The molecule has 0 saturated carbocycles. The van der Waals surface area contributed by atoms with Crippen molar-refractivity contribution in [3.05, 3.63) is 59.4 Å². The number of aromatic nitrogens is 1. The van der Waals surface area contributed by atoms with Gasteiger partial charge in [0.2, 0.25) is 5.91 Å². The van der Waals surface area contributed by atoms with Crippen molar-refractivity contribution in [1.82, 2.24) is 10.3 Å². The Labute approximate surface area is 144 Å². The molecule has 1 N–H and O–H groups in total. The van der Waals surface area contributed by atoms with E-state index in [4.69, 9.17) is 4.74 Å². The lowest BCUT2D eigenvalue weighted by atomic mass is 9.85. The number of rotatable bonds is 7. The third-order valence-corrected chi connectivity index (χ3v) is 4.30. The normalized spacial score (nSPS) is 12.0. The van der Waals surface area contributed by atoms with Gasteiger partial charge in [0.25, 0.3) is 0 Å². The third-order valence-electron chi connectivity index (χ3n) is 4.30. The molecule has 4 nitrogen and oxygen atoms in total. The van der Waals surface area contributed by atoms with Gasteiger partial charge in [-0.3, -0.25) is 9.78 Å². The van der Waals surface area contributed by atoms with Crippen LogP contribution in [0.5, 0.6) is 5.75 Å². The number of carbonyl (C=O) groups excluding carboxylic acids is 1. The van der Waals surface area contributed by atoms with Gasteiger partial charge in [-0.2, -0.15) is 0 Å². The maximum Gasteiger partial charge on any atom is 0.220 e. The minimum Gasteiger partial charge on any atom is -0.496 e. The summed E-state index contributed by atoms with van der Waals surface area (Å²) in [5.41, 5.74) is 3.33. The molecule has 4 heteroatoms. The third kappa shape index (κ3) is 4.82. The topological polar surface area (TPSA) is 51.2 Å². The molecule has 1 heterocycles. The highest BCUT2D eigenvalue weighted by atomic mass is 16.5. The fourth-order valence-electron chi connectivity index (χ4n) is 2.84. The lowest BCUT2D eigenvalue weighted by Gasteiger charge is -2.22. The van der Waals surface area contributed by atoms with Crippen LogP contribution in [0.15, 0.2) is 42.7 Å². The highest BCUT2D eigenvalue weighted by Crippen LogP contribution is 2.31. The highest BCUT2D eigenvalue weighted by molar-refractivity contribution is 5.77. The molecule has 0 aliphatic rings. The molecule has 1 aromatic carbocycles. The number of carbonyl (C=O) groups is 1. The van der Waals surface area contributed by atoms with Crippen LogP contribution in [0, 0.1) is 12.8 Å². The van der Waals surface area contributed by atoms with Gasteiger partial charge in [-0.25, -0.2) is 0 Å². The van der Waals surface area contributed by atoms with E-state index in [1.807, 2.05) is 25.1 Å². The zero-order chi connectivity index (χ0) is 17.5. The molecule has 2 aromatic rings. The Kier molecular flexibility index (Phi) is 6.36. The maximum atomic E-state index is 12.4. The van der Waals surface area contributed by atoms with Crippen LogP contribution in [-0.4, -0.2) is 18.0 Å². The van der Waals surface area contributed by atoms with Crippen molar-refractivity contribution in [2.75, 3.05) is 7.11 Å². The number of pyridine rings is 1. The van der Waals surface area contributed by atoms with Crippen molar-refractivity contribution in [1.29, 1.82) is 0 Å². The van der Waals surface area contributed by atoms with Crippen LogP contribution in [0.1, 0.15) is 42.9 Å². The van der Waals surface area contributed by atoms with Gasteiger partial charge < -0.3 is 10.1 Å². The summed E-state index contributed by atoms with van der Waals surface area (Å²) in [6.45, 7) is 6.87. The molecule has 2 rings (SSSR count). The van der Waals surface area contributed by atoms with Crippen molar-refractivity contribution in [3.8, 4) is 5.75 Å². The van der Waals surface area contributed by atoms with E-state index in [0.717, 1.165) is 16.9 Å². The molecule has 1 unspecified atom stereocenters. The van der Waals surface area contributed by atoms with Gasteiger partial charge in [0.05, 0.1) is 7.11 Å². The summed E-state index contributed by atoms with van der Waals surface area (Å²) < 4.78 is 5.32. The van der Waals surface area contributed by atoms with E-state index >= 15 is 0 Å². The maximum absolute atomic E-state index is 12.4. The molecule has 24 heavy (non-hydrogen) atoms. The van der Waals surface area contributed by atoms with Crippen LogP contribution in [0.3, 0.4) is 0 Å². The molecular formula is C20H26N2O2. The molecular weight excluding hydrogens is 300 g/mol. The lowest BCUT2D eigenvalue weighted by molar-refractivity contribution is -0.121. The van der Waals surface area contributed by atoms with Gasteiger partial charge in [0.1, 0.15) is 5.75 Å². The van der Waals surface area contributed by atoms with E-state index in [-0.39, 0.29) is 11.8 Å². The quantitative estimate of drug-likeness (QED) is 0.841. The van der Waals surface area contributed by atoms with E-state index in [9.17, 15) is 4.79 Å². The second-order valence-corrected chi connectivity index (χ2v) is 6.42. The second-order valence-electron chi connectivity index (χ2n) is 6.42. The number of hydrogen-bond acceptors (Lipinski definition) is 3. The average molecular weight is 326 g/mol. The van der Waals surface area contributed by atoms with Crippen LogP contribution >= 0.6 is 0 Å². The first-order valence-electron chi connectivity index (χ1n) is 8.31. The first-order valence-corrected chi connectivity index (χ1v) is 8.31. The predicted octanol–water partition coefficient (Wildman–Crippen LogP) is 3.84. The summed E-state index contributed by atoms with van der Waals surface area (Å²) in [6.07, 6.45) is 3.95. The van der Waals surface area contributed by atoms with Crippen LogP contribution in [0.25, 0.3) is 0 Å². The summed E-state index contributed by atoms with van der Waals surface area (Å²) in [7, 11) is 1.68. The summed E-state index contributed by atoms with van der Waals surface area (Å²) in [4.78, 5) is 16.3. The fourth-order valence-corrected chi connectivity index (χ4v) is 2.84. The molecule has 0 fully saturated rings. The summed E-state index contributed by atoms with van der Waals surface area (Å²) in [5, 5.41) is 3.00. The zero-order valence-electron chi connectivity index (χ0n) is 14.9. The van der Waals surface area contributed by atoms with E-state index in [2.05, 4.69) is 36.3 Å². The van der Waals surface area contributed by atoms with Crippen LogP contribution in [0.4, 0.5) is 0 Å². The predicted molar refractivity (Wildman–Crippen MR) is 96.0 cm³/mol. The smallest absolute Gasteiger partial charge is 0.220 e. The van der Waals surface area contributed by atoms with Crippen LogP contribution < -0.4 is 10.1 Å². The Balaban J connectivity index is 2.02. The first kappa shape index (κ1) is 18.0. The van der Waals surface area contributed by atoms with Gasteiger partial charge in [-0.15, -0.1) is 0 Å². The Morgan fingerprint density at radius 3 is 2.50 bits per heavy atom. The molecule has 0 radical (unpaired) electrons. The molecule has 1 amide bonds. The van der Waals surface area contributed by atoms with E-state index in [0.29, 0.717) is 18.9 Å². The Morgan fingerprint density at radius 1 is 1.21 bits per heavy atom. The monoisotopic (exact) mass is 326 g/mol. The summed E-state index contributed by atoms with van der Waals surface area (Å²) in [6, 6.07) is 9.99. The summed E-state index contributed by atoms with van der Waals surface area (Å²) >= 11 is 0. The number of benzene rings is 1. The minimum absolute atomic E-state index is 0.0685. The molecule has 0 saturated heterocycles. The molecule has 0 aliphatic heterocycles. The number of aryl methyl sites for hydroxylation is 1. The molecule has 0 bridgehead atoms. The van der Waals surface area contributed by atoms with E-state index in [1.54, 1.807) is 19.5 Å². The van der Waals surface area contributed by atoms with Gasteiger partial charge >= 0.3 is 0 Å². The van der Waals surface area contributed by atoms with Gasteiger partial charge in [0.15, 0.2) is 0 Å². The standard InChI is InChI=1S/C20H26N2O2/c1-14(2)18(17-5-6-19(24-4)15(3)11-17)12-20(23)22-13-16-7-9-21-10-8-16/h5-11,14,18H,12-13H2,1-4H3,(H,22,23). The molecule has 0 spiro atoms. The second kappa shape index (κ2) is 8.48. The minimum atomic E-state index is 0.0685. The largest absolute Gasteiger partial charge is 0.496 e. The molecule has 1 aromatic heterocycles. The van der Waals surface area contributed by atoms with E-state index < -0.39 is 0 Å². The number of nitrogens with zero attached hydrogens (tertiary/aromatic N) is 1. The molecule has 128 valence electrons. The number of amides is 1. The summed E-state index contributed by atoms with van der Waals surface area (Å²) in [5.74, 6) is 1.51. The van der Waals surface area contributed by atoms with Crippen molar-refractivity contribution < 1.29 is 9.53 Å². The van der Waals surface area contributed by atoms with Crippen molar-refractivity contribution >= 4 is 5.91 Å². The average Bonchev–Trinajstić information content (AvgIpc) is 2.58. The van der Waals surface area contributed by atoms with Gasteiger partial charge in [-0.1, -0.05) is 26.0 Å². The first-order chi connectivity index (χ1) is 11.5. The van der Waals surface area contributed by atoms with Crippen LogP contribution in [-0.2, 0) is 11.3 Å². The zero-order valence-corrected chi connectivity index (χ0v) is 14.9. The Hall–Kier alpha value is -2.36.